The number of rotatable bonds is 6. The fourth-order valence-corrected chi connectivity index (χ4v) is 2.47. The van der Waals surface area contributed by atoms with Crippen LogP contribution >= 0.6 is 0 Å². The average Bonchev–Trinajstić information content (AvgIpc) is 2.26. The van der Waals surface area contributed by atoms with Gasteiger partial charge in [0.25, 0.3) is 0 Å². The smallest absolute Gasteiger partial charge is 0.304 e. The molecular weight excluding hydrogens is 204 g/mol. The van der Waals surface area contributed by atoms with Crippen LogP contribution in [0.4, 0.5) is 0 Å². The highest BCUT2D eigenvalue weighted by molar-refractivity contribution is 5.67. The van der Waals surface area contributed by atoms with E-state index in [1.807, 2.05) is 0 Å². The van der Waals surface area contributed by atoms with Crippen molar-refractivity contribution in [2.75, 3.05) is 0 Å². The van der Waals surface area contributed by atoms with Gasteiger partial charge in [0, 0.05) is 12.1 Å². The first kappa shape index (κ1) is 13.5. The van der Waals surface area contributed by atoms with E-state index in [1.54, 1.807) is 0 Å². The molecule has 94 valence electrons. The van der Waals surface area contributed by atoms with Gasteiger partial charge in [-0.15, -0.1) is 0 Å². The minimum Gasteiger partial charge on any atom is -0.481 e. The molecule has 4 nitrogen and oxygen atoms in total. The first-order valence-electron chi connectivity index (χ1n) is 6.32. The molecule has 0 unspecified atom stereocenters. The number of hydrogen-bond acceptors (Lipinski definition) is 3. The molecule has 0 saturated heterocycles. The molecule has 0 radical (unpaired) electrons. The molecule has 16 heavy (non-hydrogen) atoms. The van der Waals surface area contributed by atoms with Crippen molar-refractivity contribution < 1.29 is 9.90 Å². The van der Waals surface area contributed by atoms with E-state index in [0.29, 0.717) is 0 Å². The minimum absolute atomic E-state index is 0.0220. The van der Waals surface area contributed by atoms with Crippen molar-refractivity contribution in [3.05, 3.63) is 0 Å². The predicted octanol–water partition coefficient (Wildman–Crippen LogP) is 1.48. The van der Waals surface area contributed by atoms with Crippen LogP contribution in [0.1, 0.15) is 51.4 Å². The number of hydrogen-bond donors (Lipinski definition) is 3. The van der Waals surface area contributed by atoms with Gasteiger partial charge in [-0.1, -0.05) is 32.1 Å². The van der Waals surface area contributed by atoms with Gasteiger partial charge in [0.15, 0.2) is 0 Å². The molecule has 5 N–H and O–H groups in total. The van der Waals surface area contributed by atoms with E-state index in [2.05, 4.69) is 0 Å². The van der Waals surface area contributed by atoms with E-state index < -0.39 is 12.0 Å². The lowest BCUT2D eigenvalue weighted by Crippen LogP contribution is -2.43. The van der Waals surface area contributed by atoms with Gasteiger partial charge in [-0.25, -0.2) is 0 Å². The van der Waals surface area contributed by atoms with Gasteiger partial charge in [0.05, 0.1) is 6.42 Å². The molecule has 0 aromatic carbocycles. The van der Waals surface area contributed by atoms with Crippen molar-refractivity contribution in [1.82, 2.24) is 0 Å². The molecule has 1 saturated carbocycles. The summed E-state index contributed by atoms with van der Waals surface area (Å²) in [6.07, 6.45) is 8.59. The molecule has 0 aromatic rings. The highest BCUT2D eigenvalue weighted by Gasteiger charge is 2.19. The van der Waals surface area contributed by atoms with Gasteiger partial charge in [-0.3, -0.25) is 4.79 Å². The summed E-state index contributed by atoms with van der Waals surface area (Å²) in [6.45, 7) is 0. The summed E-state index contributed by atoms with van der Waals surface area (Å²) >= 11 is 0. The van der Waals surface area contributed by atoms with Crippen LogP contribution < -0.4 is 11.5 Å². The minimum atomic E-state index is -0.861. The molecule has 2 atom stereocenters. The number of nitrogens with two attached hydrogens (primary N) is 2. The zero-order valence-corrected chi connectivity index (χ0v) is 9.90. The molecule has 0 aliphatic heterocycles. The molecule has 0 heterocycles. The average molecular weight is 228 g/mol. The SMILES string of the molecule is N[C@@H](CCC1CCCCC1)[C@@H](N)CC(=O)O. The van der Waals surface area contributed by atoms with Crippen LogP contribution in [0.3, 0.4) is 0 Å². The van der Waals surface area contributed by atoms with Crippen LogP contribution in [-0.2, 0) is 4.79 Å². The summed E-state index contributed by atoms with van der Waals surface area (Å²) in [6, 6.07) is -0.570. The largest absolute Gasteiger partial charge is 0.481 e. The van der Waals surface area contributed by atoms with Gasteiger partial charge in [-0.2, -0.15) is 0 Å². The summed E-state index contributed by atoms with van der Waals surface area (Å²) in [5, 5.41) is 8.61. The van der Waals surface area contributed by atoms with Crippen LogP contribution in [-0.4, -0.2) is 23.2 Å². The van der Waals surface area contributed by atoms with Crippen molar-refractivity contribution in [2.45, 2.75) is 63.5 Å². The highest BCUT2D eigenvalue weighted by Crippen LogP contribution is 2.27. The lowest BCUT2D eigenvalue weighted by Gasteiger charge is -2.24. The number of carboxylic acids is 1. The Bertz CT molecular complexity index is 215. The second-order valence-corrected chi connectivity index (χ2v) is 5.01. The van der Waals surface area contributed by atoms with Gasteiger partial charge >= 0.3 is 5.97 Å². The summed E-state index contributed by atoms with van der Waals surface area (Å²) < 4.78 is 0. The van der Waals surface area contributed by atoms with Crippen LogP contribution in [0.5, 0.6) is 0 Å². The molecule has 0 aromatic heterocycles. The Balaban J connectivity index is 2.17. The predicted molar refractivity (Wildman–Crippen MR) is 64.0 cm³/mol. The Morgan fingerprint density at radius 2 is 1.81 bits per heavy atom. The van der Waals surface area contributed by atoms with Crippen LogP contribution in [0.15, 0.2) is 0 Å². The normalized spacial score (nSPS) is 21.6. The van der Waals surface area contributed by atoms with E-state index in [4.69, 9.17) is 16.6 Å². The van der Waals surface area contributed by atoms with Crippen molar-refractivity contribution in [2.24, 2.45) is 17.4 Å². The van der Waals surface area contributed by atoms with E-state index in [1.165, 1.54) is 32.1 Å². The number of aliphatic carboxylic acids is 1. The second kappa shape index (κ2) is 6.86. The maximum Gasteiger partial charge on any atom is 0.304 e. The van der Waals surface area contributed by atoms with Crippen molar-refractivity contribution in [3.8, 4) is 0 Å². The molecule has 4 heteroatoms. The Morgan fingerprint density at radius 3 is 2.38 bits per heavy atom. The molecule has 0 spiro atoms. The monoisotopic (exact) mass is 228 g/mol. The topological polar surface area (TPSA) is 89.3 Å². The highest BCUT2D eigenvalue weighted by atomic mass is 16.4. The first-order chi connectivity index (χ1) is 7.59. The number of carbonyl (C=O) groups is 1. The molecule has 0 amide bonds. The third kappa shape index (κ3) is 4.94. The quantitative estimate of drug-likeness (QED) is 0.642. The van der Waals surface area contributed by atoms with E-state index in [9.17, 15) is 4.79 Å². The summed E-state index contributed by atoms with van der Waals surface area (Å²) in [5.41, 5.74) is 11.6. The van der Waals surface area contributed by atoms with Crippen molar-refractivity contribution in [1.29, 1.82) is 0 Å². The fourth-order valence-electron chi connectivity index (χ4n) is 2.47. The summed E-state index contributed by atoms with van der Waals surface area (Å²) in [4.78, 5) is 10.5. The van der Waals surface area contributed by atoms with Gasteiger partial charge in [-0.05, 0) is 18.8 Å². The summed E-state index contributed by atoms with van der Waals surface area (Å²) in [5.74, 6) is -0.0718. The first-order valence-corrected chi connectivity index (χ1v) is 6.32. The maximum atomic E-state index is 10.5. The lowest BCUT2D eigenvalue weighted by atomic mass is 9.84. The molecule has 1 aliphatic rings. The van der Waals surface area contributed by atoms with Crippen molar-refractivity contribution >= 4 is 5.97 Å². The second-order valence-electron chi connectivity index (χ2n) is 5.01. The van der Waals surface area contributed by atoms with Crippen LogP contribution in [0.25, 0.3) is 0 Å². The fraction of sp³-hybridized carbons (Fsp3) is 0.917. The van der Waals surface area contributed by atoms with E-state index in [0.717, 1.165) is 18.8 Å². The number of carboxylic acid groups (broad SMARTS) is 1. The Morgan fingerprint density at radius 1 is 1.19 bits per heavy atom. The molecule has 1 fully saturated rings. The Kier molecular flexibility index (Phi) is 5.77. The van der Waals surface area contributed by atoms with Gasteiger partial charge < -0.3 is 16.6 Å². The lowest BCUT2D eigenvalue weighted by molar-refractivity contribution is -0.137. The zero-order valence-electron chi connectivity index (χ0n) is 9.90. The Labute approximate surface area is 97.4 Å². The van der Waals surface area contributed by atoms with E-state index in [-0.39, 0.29) is 12.5 Å². The third-order valence-electron chi connectivity index (χ3n) is 3.59. The van der Waals surface area contributed by atoms with Crippen molar-refractivity contribution in [3.63, 3.8) is 0 Å². The Hall–Kier alpha value is -0.610. The standard InChI is InChI=1S/C12H24N2O2/c13-10(11(14)8-12(15)16)7-6-9-4-2-1-3-5-9/h9-11H,1-8,13-14H2,(H,15,16)/t10-,11-/m0/s1. The molecule has 1 rings (SSSR count). The summed E-state index contributed by atoms with van der Waals surface area (Å²) in [7, 11) is 0. The van der Waals surface area contributed by atoms with Crippen LogP contribution in [0, 0.1) is 5.92 Å². The van der Waals surface area contributed by atoms with Gasteiger partial charge in [0.2, 0.25) is 0 Å². The van der Waals surface area contributed by atoms with Crippen LogP contribution in [0.2, 0.25) is 0 Å². The van der Waals surface area contributed by atoms with E-state index >= 15 is 0 Å². The maximum absolute atomic E-state index is 10.5. The molecule has 0 bridgehead atoms. The van der Waals surface area contributed by atoms with Gasteiger partial charge in [0.1, 0.15) is 0 Å². The molecular formula is C12H24N2O2. The zero-order chi connectivity index (χ0) is 12.0. The third-order valence-corrected chi connectivity index (χ3v) is 3.59. The molecule has 1 aliphatic carbocycles.